The van der Waals surface area contributed by atoms with Gasteiger partial charge in [0.1, 0.15) is 0 Å². The van der Waals surface area contributed by atoms with Crippen molar-refractivity contribution in [1.82, 2.24) is 9.44 Å². The molecule has 33 heavy (non-hydrogen) atoms. The quantitative estimate of drug-likeness (QED) is 0.219. The van der Waals surface area contributed by atoms with E-state index >= 15 is 0 Å². The Bertz CT molecular complexity index is 1110. The van der Waals surface area contributed by atoms with Gasteiger partial charge in [-0.05, 0) is 25.0 Å². The molecule has 0 heterocycles. The van der Waals surface area contributed by atoms with Crippen molar-refractivity contribution in [3.63, 3.8) is 0 Å². The summed E-state index contributed by atoms with van der Waals surface area (Å²) in [6, 6.07) is 9.98. The fourth-order valence-corrected chi connectivity index (χ4v) is 5.18. The van der Waals surface area contributed by atoms with Gasteiger partial charge in [0.05, 0.1) is 9.85 Å². The maximum atomic E-state index is 12.2. The van der Waals surface area contributed by atoms with Crippen molar-refractivity contribution in [3.05, 3.63) is 68.8 Å². The molecule has 0 saturated heterocycles. The maximum Gasteiger partial charge on any atom is 0.289 e. The van der Waals surface area contributed by atoms with Gasteiger partial charge in [0.2, 0.25) is 20.0 Å². The maximum absolute atomic E-state index is 12.2. The van der Waals surface area contributed by atoms with E-state index in [2.05, 4.69) is 9.44 Å². The van der Waals surface area contributed by atoms with Crippen LogP contribution in [0, 0.1) is 20.2 Å². The molecule has 0 spiro atoms. The van der Waals surface area contributed by atoms with Crippen LogP contribution < -0.4 is 9.44 Å². The van der Waals surface area contributed by atoms with Gasteiger partial charge in [0.25, 0.3) is 11.4 Å². The Morgan fingerprint density at radius 2 is 1.06 bits per heavy atom. The first kappa shape index (κ1) is 26.3. The topological polar surface area (TPSA) is 188 Å². The summed E-state index contributed by atoms with van der Waals surface area (Å²) in [5, 5.41) is 22.0. The van der Waals surface area contributed by atoms with Crippen molar-refractivity contribution in [2.45, 2.75) is 22.6 Å². The lowest BCUT2D eigenvalue weighted by atomic mass is 10.3. The molecule has 0 aliphatic rings. The molecule has 0 aliphatic carbocycles. The number of hydrogen-bond donors (Lipinski definition) is 2. The fourth-order valence-electron chi connectivity index (χ4n) is 2.69. The summed E-state index contributed by atoms with van der Waals surface area (Å²) in [5.74, 6) is 0. The first-order valence-electron chi connectivity index (χ1n) is 9.60. The molecule has 2 N–H and O–H groups in total. The number of nitrogens with one attached hydrogen (secondary N) is 2. The van der Waals surface area contributed by atoms with E-state index < -0.39 is 51.1 Å². The molecule has 0 aliphatic heterocycles. The summed E-state index contributed by atoms with van der Waals surface area (Å²) >= 11 is 0. The van der Waals surface area contributed by atoms with E-state index in [1.54, 1.807) is 0 Å². The van der Waals surface area contributed by atoms with Crippen molar-refractivity contribution < 1.29 is 31.4 Å². The van der Waals surface area contributed by atoms with E-state index in [4.69, 9.17) is 4.74 Å². The predicted octanol–water partition coefficient (Wildman–Crippen LogP) is 1.56. The number of para-hydroxylation sites is 2. The van der Waals surface area contributed by atoms with Crippen molar-refractivity contribution in [2.75, 3.05) is 26.3 Å². The van der Waals surface area contributed by atoms with Crippen LogP contribution >= 0.6 is 0 Å². The molecule has 2 rings (SSSR count). The van der Waals surface area contributed by atoms with E-state index in [1.165, 1.54) is 24.3 Å². The van der Waals surface area contributed by atoms with Gasteiger partial charge in [-0.25, -0.2) is 26.3 Å². The zero-order valence-corrected chi connectivity index (χ0v) is 18.9. The standard InChI is InChI=1S/C18H22N4O9S2/c23-21(24)15-7-1-3-9-17(15)32(27,28)19-11-5-13-31-14-6-12-20-33(29,30)18-10-4-2-8-16(18)22(25)26/h1-4,7-10,19-20H,5-6,11-14H2. The number of benzene rings is 2. The van der Waals surface area contributed by atoms with Crippen LogP contribution in [0.1, 0.15) is 12.8 Å². The second-order valence-electron chi connectivity index (χ2n) is 6.56. The zero-order chi connectivity index (χ0) is 24.5. The summed E-state index contributed by atoms with van der Waals surface area (Å²) in [4.78, 5) is 19.5. The average Bonchev–Trinajstić information content (AvgIpc) is 2.77. The van der Waals surface area contributed by atoms with E-state index in [1.807, 2.05) is 0 Å². The van der Waals surface area contributed by atoms with Gasteiger partial charge < -0.3 is 4.74 Å². The molecule has 0 bridgehead atoms. The van der Waals surface area contributed by atoms with Crippen LogP contribution in [-0.2, 0) is 24.8 Å². The number of nitro benzene ring substituents is 2. The van der Waals surface area contributed by atoms with E-state index in [9.17, 15) is 37.1 Å². The van der Waals surface area contributed by atoms with Gasteiger partial charge in [-0.15, -0.1) is 0 Å². The van der Waals surface area contributed by atoms with Gasteiger partial charge in [0.15, 0.2) is 9.79 Å². The third-order valence-corrected chi connectivity index (χ3v) is 7.23. The molecule has 2 aromatic rings. The number of nitrogens with zero attached hydrogens (tertiary/aromatic N) is 2. The smallest absolute Gasteiger partial charge is 0.289 e. The summed E-state index contributed by atoms with van der Waals surface area (Å²) in [7, 11) is -8.12. The molecule has 0 saturated carbocycles. The third kappa shape index (κ3) is 7.54. The van der Waals surface area contributed by atoms with Gasteiger partial charge >= 0.3 is 0 Å². The van der Waals surface area contributed by atoms with Gasteiger partial charge in [0, 0.05) is 38.4 Å². The number of hydrogen-bond acceptors (Lipinski definition) is 9. The van der Waals surface area contributed by atoms with Crippen molar-refractivity contribution >= 4 is 31.4 Å². The Balaban J connectivity index is 1.70. The van der Waals surface area contributed by atoms with Crippen LogP contribution in [0.4, 0.5) is 11.4 Å². The largest absolute Gasteiger partial charge is 0.381 e. The molecule has 0 unspecified atom stereocenters. The Morgan fingerprint density at radius 1 is 0.697 bits per heavy atom. The molecule has 0 fully saturated rings. The molecular weight excluding hydrogens is 480 g/mol. The monoisotopic (exact) mass is 502 g/mol. The van der Waals surface area contributed by atoms with Gasteiger partial charge in [-0.1, -0.05) is 24.3 Å². The molecule has 0 atom stereocenters. The Labute approximate surface area is 190 Å². The van der Waals surface area contributed by atoms with Crippen molar-refractivity contribution in [3.8, 4) is 0 Å². The average molecular weight is 503 g/mol. The Morgan fingerprint density at radius 3 is 1.42 bits per heavy atom. The highest BCUT2D eigenvalue weighted by atomic mass is 32.2. The van der Waals surface area contributed by atoms with Crippen LogP contribution in [0.5, 0.6) is 0 Å². The van der Waals surface area contributed by atoms with Gasteiger partial charge in [-0.3, -0.25) is 20.2 Å². The minimum absolute atomic E-state index is 0.0152. The Kier molecular flexibility index (Phi) is 9.36. The van der Waals surface area contributed by atoms with Crippen molar-refractivity contribution in [2.24, 2.45) is 0 Å². The molecular formula is C18H22N4O9S2. The van der Waals surface area contributed by atoms with Crippen LogP contribution in [0.15, 0.2) is 58.3 Å². The highest BCUT2D eigenvalue weighted by molar-refractivity contribution is 7.90. The first-order valence-corrected chi connectivity index (χ1v) is 12.6. The lowest BCUT2D eigenvalue weighted by molar-refractivity contribution is -0.388. The third-order valence-electron chi connectivity index (χ3n) is 4.22. The molecule has 13 nitrogen and oxygen atoms in total. The van der Waals surface area contributed by atoms with E-state index in [-0.39, 0.29) is 39.1 Å². The van der Waals surface area contributed by atoms with Crippen LogP contribution in [0.3, 0.4) is 0 Å². The fraction of sp³-hybridized carbons (Fsp3) is 0.333. The molecule has 2 aromatic carbocycles. The lowest BCUT2D eigenvalue weighted by Crippen LogP contribution is -2.27. The molecule has 15 heteroatoms. The lowest BCUT2D eigenvalue weighted by Gasteiger charge is -2.09. The van der Waals surface area contributed by atoms with Crippen LogP contribution in [-0.4, -0.2) is 53.0 Å². The highest BCUT2D eigenvalue weighted by Gasteiger charge is 2.25. The van der Waals surface area contributed by atoms with Crippen molar-refractivity contribution in [1.29, 1.82) is 0 Å². The second-order valence-corrected chi connectivity index (χ2v) is 10.0. The summed E-state index contributed by atoms with van der Waals surface area (Å²) in [5.41, 5.74) is -1.05. The van der Waals surface area contributed by atoms with Crippen LogP contribution in [0.25, 0.3) is 0 Å². The number of nitro groups is 2. The van der Waals surface area contributed by atoms with E-state index in [0.717, 1.165) is 24.3 Å². The molecule has 180 valence electrons. The summed E-state index contributed by atoms with van der Waals surface area (Å²) < 4.78 is 58.8. The molecule has 0 radical (unpaired) electrons. The Hall–Kier alpha value is -2.98. The number of rotatable bonds is 14. The first-order chi connectivity index (χ1) is 15.6. The summed E-state index contributed by atoms with van der Waals surface area (Å²) in [6.07, 6.45) is 0.559. The molecule has 0 aromatic heterocycles. The van der Waals surface area contributed by atoms with E-state index in [0.29, 0.717) is 0 Å². The molecule has 0 amide bonds. The normalized spacial score (nSPS) is 11.9. The second kappa shape index (κ2) is 11.8. The number of sulfonamides is 2. The zero-order valence-electron chi connectivity index (χ0n) is 17.2. The predicted molar refractivity (Wildman–Crippen MR) is 117 cm³/mol. The summed E-state index contributed by atoms with van der Waals surface area (Å²) in [6.45, 7) is 0.296. The SMILES string of the molecule is O=[N+]([O-])c1ccccc1S(=O)(=O)NCCCOCCCNS(=O)(=O)c1ccccc1[N+](=O)[O-]. The van der Waals surface area contributed by atoms with Gasteiger partial charge in [-0.2, -0.15) is 0 Å². The van der Waals surface area contributed by atoms with Crippen LogP contribution in [0.2, 0.25) is 0 Å². The minimum Gasteiger partial charge on any atom is -0.381 e. The highest BCUT2D eigenvalue weighted by Crippen LogP contribution is 2.23. The number of ether oxygens (including phenoxy) is 1. The minimum atomic E-state index is -4.06.